The van der Waals surface area contributed by atoms with Gasteiger partial charge in [-0.05, 0) is 43.7 Å². The number of pyridine rings is 2. The molecule has 7 heteroatoms. The van der Waals surface area contributed by atoms with Crippen molar-refractivity contribution in [3.63, 3.8) is 0 Å². The van der Waals surface area contributed by atoms with E-state index in [-0.39, 0.29) is 17.4 Å². The summed E-state index contributed by atoms with van der Waals surface area (Å²) in [6.07, 6.45) is 3.21. The molecule has 0 saturated carbocycles. The number of benzene rings is 1. The molecule has 5 nitrogen and oxygen atoms in total. The molecule has 4 rings (SSSR count). The Kier molecular flexibility index (Phi) is 4.74. The van der Waals surface area contributed by atoms with Gasteiger partial charge in [-0.3, -0.25) is 4.79 Å². The van der Waals surface area contributed by atoms with Gasteiger partial charge in [-0.2, -0.15) is 4.39 Å². The molecule has 1 aliphatic heterocycles. The average molecular weight is 394 g/mol. The van der Waals surface area contributed by atoms with E-state index < -0.39 is 11.5 Å². The Balaban J connectivity index is 1.91. The van der Waals surface area contributed by atoms with Crippen LogP contribution in [-0.2, 0) is 12.1 Å². The topological polar surface area (TPSA) is 59.3 Å². The van der Waals surface area contributed by atoms with E-state index in [1.54, 1.807) is 35.0 Å². The number of hydrogen-bond donors (Lipinski definition) is 1. The summed E-state index contributed by atoms with van der Waals surface area (Å²) in [6.45, 7) is 4.39. The molecule has 0 saturated heterocycles. The summed E-state index contributed by atoms with van der Waals surface area (Å²) in [6, 6.07) is 12.0. The Bertz CT molecular complexity index is 1080. The maximum Gasteiger partial charge on any atom is 0.250 e. The quantitative estimate of drug-likeness (QED) is 0.692. The van der Waals surface area contributed by atoms with Crippen LogP contribution in [0.5, 0.6) is 0 Å². The van der Waals surface area contributed by atoms with Gasteiger partial charge >= 0.3 is 0 Å². The van der Waals surface area contributed by atoms with Crippen LogP contribution in [0.3, 0.4) is 0 Å². The standard InChI is InChI=1S/C22H20F2N4O/c1-3-28-13-15(4-11-20(28)29)21-26-14(2)22(27-21,16-5-8-18(23)9-6-16)17-7-10-19(24)25-12-17/h4-14H,3H2,1-2H3,(H,26,27)/t14-,22+/m0/s1. The minimum atomic E-state index is -0.920. The summed E-state index contributed by atoms with van der Waals surface area (Å²) in [4.78, 5) is 20.7. The molecule has 0 bridgehead atoms. The first kappa shape index (κ1) is 19.0. The number of rotatable bonds is 4. The number of nitrogens with one attached hydrogen (secondary N) is 1. The lowest BCUT2D eigenvalue weighted by Crippen LogP contribution is -2.41. The van der Waals surface area contributed by atoms with E-state index in [1.165, 1.54) is 30.5 Å². The molecule has 3 aromatic rings. The van der Waals surface area contributed by atoms with Crippen LogP contribution in [0.25, 0.3) is 0 Å². The van der Waals surface area contributed by atoms with Gasteiger partial charge in [0.2, 0.25) is 5.95 Å². The van der Waals surface area contributed by atoms with Crippen LogP contribution in [0.2, 0.25) is 0 Å². The number of aliphatic imine (C=N–C) groups is 1. The summed E-state index contributed by atoms with van der Waals surface area (Å²) >= 11 is 0. The second-order valence-electron chi connectivity index (χ2n) is 7.01. The second kappa shape index (κ2) is 7.24. The van der Waals surface area contributed by atoms with E-state index in [0.29, 0.717) is 17.9 Å². The third kappa shape index (κ3) is 3.22. The van der Waals surface area contributed by atoms with Crippen molar-refractivity contribution in [3.05, 3.63) is 99.7 Å². The molecule has 1 aromatic carbocycles. The average Bonchev–Trinajstić information content (AvgIpc) is 3.07. The molecule has 3 heterocycles. The van der Waals surface area contributed by atoms with Gasteiger partial charge in [0.25, 0.3) is 5.56 Å². The van der Waals surface area contributed by atoms with Crippen LogP contribution in [0.1, 0.15) is 30.5 Å². The van der Waals surface area contributed by atoms with E-state index >= 15 is 0 Å². The zero-order valence-electron chi connectivity index (χ0n) is 16.1. The fourth-order valence-corrected chi connectivity index (χ4v) is 3.78. The van der Waals surface area contributed by atoms with E-state index in [4.69, 9.17) is 4.99 Å². The number of aromatic nitrogens is 2. The lowest BCUT2D eigenvalue weighted by atomic mass is 9.79. The number of aryl methyl sites for hydroxylation is 1. The Hall–Kier alpha value is -3.35. The lowest BCUT2D eigenvalue weighted by molar-refractivity contribution is 0.449. The first-order valence-corrected chi connectivity index (χ1v) is 9.39. The smallest absolute Gasteiger partial charge is 0.250 e. The van der Waals surface area contributed by atoms with Crippen molar-refractivity contribution in [2.24, 2.45) is 4.99 Å². The lowest BCUT2D eigenvalue weighted by Gasteiger charge is -2.31. The predicted molar refractivity (Wildman–Crippen MR) is 107 cm³/mol. The maximum absolute atomic E-state index is 13.6. The van der Waals surface area contributed by atoms with Crippen molar-refractivity contribution in [2.75, 3.05) is 0 Å². The zero-order chi connectivity index (χ0) is 20.6. The normalized spacial score (nSPS) is 21.0. The van der Waals surface area contributed by atoms with Crippen molar-refractivity contribution in [2.45, 2.75) is 32.0 Å². The molecule has 1 N–H and O–H groups in total. The van der Waals surface area contributed by atoms with Crippen LogP contribution in [-0.4, -0.2) is 21.4 Å². The van der Waals surface area contributed by atoms with Crippen LogP contribution >= 0.6 is 0 Å². The Morgan fingerprint density at radius 3 is 2.45 bits per heavy atom. The molecule has 1 aliphatic rings. The molecule has 0 fully saturated rings. The highest BCUT2D eigenvalue weighted by molar-refractivity contribution is 6.00. The highest BCUT2D eigenvalue weighted by Crippen LogP contribution is 2.40. The fourth-order valence-electron chi connectivity index (χ4n) is 3.78. The molecule has 148 valence electrons. The van der Waals surface area contributed by atoms with Gasteiger partial charge in [-0.15, -0.1) is 0 Å². The van der Waals surface area contributed by atoms with Crippen LogP contribution in [0.15, 0.2) is 70.7 Å². The minimum absolute atomic E-state index is 0.0876. The number of hydrogen-bond acceptors (Lipinski definition) is 4. The van der Waals surface area contributed by atoms with E-state index in [0.717, 1.165) is 11.1 Å². The highest BCUT2D eigenvalue weighted by Gasteiger charge is 2.45. The second-order valence-corrected chi connectivity index (χ2v) is 7.01. The third-order valence-corrected chi connectivity index (χ3v) is 5.32. The first-order chi connectivity index (χ1) is 13.9. The Morgan fingerprint density at radius 2 is 1.79 bits per heavy atom. The van der Waals surface area contributed by atoms with Crippen molar-refractivity contribution >= 4 is 5.84 Å². The first-order valence-electron chi connectivity index (χ1n) is 9.39. The number of halogens is 2. The van der Waals surface area contributed by atoms with Gasteiger partial charge in [-0.1, -0.05) is 18.2 Å². The molecule has 0 amide bonds. The molecule has 0 unspecified atom stereocenters. The summed E-state index contributed by atoms with van der Waals surface area (Å²) in [5.41, 5.74) is 1.19. The van der Waals surface area contributed by atoms with Gasteiger partial charge in [-0.25, -0.2) is 14.4 Å². The number of nitrogens with zero attached hydrogens (tertiary/aromatic N) is 3. The largest absolute Gasteiger partial charge is 0.364 e. The summed E-state index contributed by atoms with van der Waals surface area (Å²) in [5.74, 6) is -0.326. The van der Waals surface area contributed by atoms with Crippen LogP contribution in [0.4, 0.5) is 8.78 Å². The predicted octanol–water partition coefficient (Wildman–Crippen LogP) is 3.22. The zero-order valence-corrected chi connectivity index (χ0v) is 16.1. The molecule has 0 spiro atoms. The van der Waals surface area contributed by atoms with Gasteiger partial charge < -0.3 is 9.88 Å². The summed E-state index contributed by atoms with van der Waals surface area (Å²) in [5, 5.41) is 3.38. The van der Waals surface area contributed by atoms with Gasteiger partial charge in [0.05, 0.1) is 6.04 Å². The third-order valence-electron chi connectivity index (χ3n) is 5.32. The van der Waals surface area contributed by atoms with Crippen molar-refractivity contribution in [1.82, 2.24) is 14.9 Å². The molecule has 29 heavy (non-hydrogen) atoms. The van der Waals surface area contributed by atoms with Crippen molar-refractivity contribution < 1.29 is 8.78 Å². The molecule has 0 radical (unpaired) electrons. The van der Waals surface area contributed by atoms with Gasteiger partial charge in [0.1, 0.15) is 17.2 Å². The van der Waals surface area contributed by atoms with Gasteiger partial charge in [0.15, 0.2) is 0 Å². The maximum atomic E-state index is 13.6. The molecule has 0 aliphatic carbocycles. The van der Waals surface area contributed by atoms with E-state index in [2.05, 4.69) is 10.3 Å². The molecular weight excluding hydrogens is 374 g/mol. The SMILES string of the molecule is CCn1cc(C2=N[C@](c3ccc(F)cc3)(c3ccc(F)nc3)[C@H](C)N2)ccc1=O. The van der Waals surface area contributed by atoms with Crippen LogP contribution < -0.4 is 10.9 Å². The van der Waals surface area contributed by atoms with E-state index in [9.17, 15) is 13.6 Å². The van der Waals surface area contributed by atoms with Crippen molar-refractivity contribution in [3.8, 4) is 0 Å². The Morgan fingerprint density at radius 1 is 1.07 bits per heavy atom. The van der Waals surface area contributed by atoms with E-state index in [1.807, 2.05) is 13.8 Å². The van der Waals surface area contributed by atoms with Crippen LogP contribution in [0, 0.1) is 11.8 Å². The summed E-state index contributed by atoms with van der Waals surface area (Å²) < 4.78 is 28.6. The van der Waals surface area contributed by atoms with Crippen molar-refractivity contribution in [1.29, 1.82) is 0 Å². The van der Waals surface area contributed by atoms with Gasteiger partial charge in [0, 0.05) is 36.1 Å². The fraction of sp³-hybridized carbons (Fsp3) is 0.227. The molecular formula is C22H20F2N4O. The highest BCUT2D eigenvalue weighted by atomic mass is 19.1. The minimum Gasteiger partial charge on any atom is -0.364 e. The Labute approximate surface area is 166 Å². The molecule has 2 aromatic heterocycles. The summed E-state index contributed by atoms with van der Waals surface area (Å²) in [7, 11) is 0. The number of amidine groups is 1. The molecule has 2 atom stereocenters. The monoisotopic (exact) mass is 394 g/mol.